The number of ether oxygens (including phenoxy) is 1. The van der Waals surface area contributed by atoms with Gasteiger partial charge in [-0.15, -0.1) is 0 Å². The normalized spacial score (nSPS) is 12.0. The number of anilines is 1. The Kier molecular flexibility index (Phi) is 4.53. The minimum atomic E-state index is -0.830. The highest BCUT2D eigenvalue weighted by molar-refractivity contribution is 5.45. The van der Waals surface area contributed by atoms with Crippen LogP contribution in [0, 0.1) is 11.6 Å². The van der Waals surface area contributed by atoms with Gasteiger partial charge in [-0.25, -0.2) is 8.78 Å². The van der Waals surface area contributed by atoms with E-state index in [1.54, 1.807) is 31.4 Å². The minimum Gasteiger partial charge on any atom is -0.497 e. The first kappa shape index (κ1) is 14.3. The van der Waals surface area contributed by atoms with Gasteiger partial charge in [-0.05, 0) is 35.9 Å². The van der Waals surface area contributed by atoms with Crippen molar-refractivity contribution in [3.8, 4) is 5.75 Å². The lowest BCUT2D eigenvalue weighted by Crippen LogP contribution is -2.13. The van der Waals surface area contributed by atoms with Crippen molar-refractivity contribution in [1.29, 1.82) is 0 Å². The zero-order valence-corrected chi connectivity index (χ0v) is 10.9. The van der Waals surface area contributed by atoms with Gasteiger partial charge in [-0.2, -0.15) is 0 Å². The van der Waals surface area contributed by atoms with Crippen LogP contribution in [0.15, 0.2) is 42.5 Å². The molecule has 0 aromatic heterocycles. The van der Waals surface area contributed by atoms with Crippen molar-refractivity contribution in [2.75, 3.05) is 19.0 Å². The molecule has 20 heavy (non-hydrogen) atoms. The minimum absolute atomic E-state index is 0.0255. The topological polar surface area (TPSA) is 41.5 Å². The molecule has 2 N–H and O–H groups in total. The average Bonchev–Trinajstić information content (AvgIpc) is 2.48. The largest absolute Gasteiger partial charge is 0.497 e. The highest BCUT2D eigenvalue weighted by Gasteiger charge is 2.09. The molecule has 0 aliphatic carbocycles. The van der Waals surface area contributed by atoms with Crippen LogP contribution in [0.4, 0.5) is 14.5 Å². The molecule has 2 rings (SSSR count). The first-order chi connectivity index (χ1) is 9.60. The van der Waals surface area contributed by atoms with Crippen LogP contribution in [0.3, 0.4) is 0 Å². The predicted molar refractivity (Wildman–Crippen MR) is 72.8 cm³/mol. The number of aliphatic hydroxyl groups is 1. The SMILES string of the molecule is COc1ccc(C(O)CNc2cc(F)ccc2F)cc1. The van der Waals surface area contributed by atoms with Gasteiger partial charge < -0.3 is 15.2 Å². The van der Waals surface area contributed by atoms with E-state index in [0.29, 0.717) is 11.3 Å². The van der Waals surface area contributed by atoms with Crippen LogP contribution < -0.4 is 10.1 Å². The fourth-order valence-corrected chi connectivity index (χ4v) is 1.78. The standard InChI is InChI=1S/C15H15F2NO2/c1-20-12-5-2-10(3-6-12)15(19)9-18-14-8-11(16)4-7-13(14)17/h2-8,15,18-19H,9H2,1H3. The van der Waals surface area contributed by atoms with Gasteiger partial charge in [0.2, 0.25) is 0 Å². The van der Waals surface area contributed by atoms with E-state index in [1.165, 1.54) is 0 Å². The summed E-state index contributed by atoms with van der Waals surface area (Å²) in [5, 5.41) is 12.7. The van der Waals surface area contributed by atoms with Gasteiger partial charge in [0.15, 0.2) is 0 Å². The maximum absolute atomic E-state index is 13.4. The Labute approximate surface area is 115 Å². The van der Waals surface area contributed by atoms with Crippen LogP contribution in [-0.4, -0.2) is 18.8 Å². The Morgan fingerprint density at radius 1 is 1.15 bits per heavy atom. The summed E-state index contributed by atoms with van der Waals surface area (Å²) in [6, 6.07) is 10.0. The molecule has 0 heterocycles. The average molecular weight is 279 g/mol. The van der Waals surface area contributed by atoms with E-state index in [9.17, 15) is 13.9 Å². The molecule has 0 saturated carbocycles. The molecule has 1 atom stereocenters. The van der Waals surface area contributed by atoms with Gasteiger partial charge in [0.1, 0.15) is 17.4 Å². The van der Waals surface area contributed by atoms with Crippen LogP contribution in [0.25, 0.3) is 0 Å². The van der Waals surface area contributed by atoms with Crippen molar-refractivity contribution in [2.45, 2.75) is 6.10 Å². The maximum Gasteiger partial charge on any atom is 0.146 e. The molecule has 0 radical (unpaired) electrons. The van der Waals surface area contributed by atoms with Crippen LogP contribution in [-0.2, 0) is 0 Å². The fourth-order valence-electron chi connectivity index (χ4n) is 1.78. The first-order valence-corrected chi connectivity index (χ1v) is 6.11. The number of hydrogen-bond donors (Lipinski definition) is 2. The van der Waals surface area contributed by atoms with Crippen LogP contribution in [0.5, 0.6) is 5.75 Å². The number of hydrogen-bond acceptors (Lipinski definition) is 3. The van der Waals surface area contributed by atoms with Crippen molar-refractivity contribution < 1.29 is 18.6 Å². The van der Waals surface area contributed by atoms with Gasteiger partial charge in [0, 0.05) is 6.54 Å². The van der Waals surface area contributed by atoms with E-state index in [1.807, 2.05) is 0 Å². The maximum atomic E-state index is 13.4. The summed E-state index contributed by atoms with van der Waals surface area (Å²) >= 11 is 0. The van der Waals surface area contributed by atoms with Crippen molar-refractivity contribution in [1.82, 2.24) is 0 Å². The molecule has 0 aliphatic heterocycles. The summed E-state index contributed by atoms with van der Waals surface area (Å²) in [5.41, 5.74) is 0.688. The van der Waals surface area contributed by atoms with E-state index in [-0.39, 0.29) is 12.2 Å². The lowest BCUT2D eigenvalue weighted by atomic mass is 10.1. The number of aliphatic hydroxyl groups excluding tert-OH is 1. The van der Waals surface area contributed by atoms with E-state index < -0.39 is 17.7 Å². The van der Waals surface area contributed by atoms with Crippen LogP contribution in [0.2, 0.25) is 0 Å². The second-order valence-corrected chi connectivity index (χ2v) is 4.29. The second kappa shape index (κ2) is 6.34. The molecule has 106 valence electrons. The lowest BCUT2D eigenvalue weighted by Gasteiger charge is -2.14. The summed E-state index contributed by atoms with van der Waals surface area (Å²) in [4.78, 5) is 0. The smallest absolute Gasteiger partial charge is 0.146 e. The zero-order chi connectivity index (χ0) is 14.5. The third-order valence-electron chi connectivity index (χ3n) is 2.91. The molecular formula is C15H15F2NO2. The van der Waals surface area contributed by atoms with Gasteiger partial charge in [0.05, 0.1) is 18.9 Å². The molecule has 5 heteroatoms. The van der Waals surface area contributed by atoms with Crippen molar-refractivity contribution in [3.63, 3.8) is 0 Å². The van der Waals surface area contributed by atoms with E-state index in [0.717, 1.165) is 18.2 Å². The van der Waals surface area contributed by atoms with Gasteiger partial charge >= 0.3 is 0 Å². The number of methoxy groups -OCH3 is 1. The second-order valence-electron chi connectivity index (χ2n) is 4.29. The molecule has 0 bridgehead atoms. The van der Waals surface area contributed by atoms with Gasteiger partial charge in [-0.1, -0.05) is 12.1 Å². The quantitative estimate of drug-likeness (QED) is 0.883. The van der Waals surface area contributed by atoms with Gasteiger partial charge in [0.25, 0.3) is 0 Å². The van der Waals surface area contributed by atoms with Crippen molar-refractivity contribution >= 4 is 5.69 Å². The van der Waals surface area contributed by atoms with Gasteiger partial charge in [-0.3, -0.25) is 0 Å². The molecule has 2 aromatic rings. The van der Waals surface area contributed by atoms with E-state index in [2.05, 4.69) is 5.32 Å². The highest BCUT2D eigenvalue weighted by atomic mass is 19.1. The molecule has 1 unspecified atom stereocenters. The molecule has 0 aliphatic rings. The highest BCUT2D eigenvalue weighted by Crippen LogP contribution is 2.20. The molecule has 3 nitrogen and oxygen atoms in total. The molecular weight excluding hydrogens is 264 g/mol. The Balaban J connectivity index is 2.00. The molecule has 2 aromatic carbocycles. The summed E-state index contributed by atoms with van der Waals surface area (Å²) < 4.78 is 31.4. The first-order valence-electron chi connectivity index (χ1n) is 6.11. The number of benzene rings is 2. The molecule has 0 saturated heterocycles. The Bertz CT molecular complexity index is 573. The third-order valence-corrected chi connectivity index (χ3v) is 2.91. The number of rotatable bonds is 5. The summed E-state index contributed by atoms with van der Waals surface area (Å²) in [7, 11) is 1.56. The Morgan fingerprint density at radius 3 is 2.50 bits per heavy atom. The van der Waals surface area contributed by atoms with E-state index >= 15 is 0 Å². The number of halogens is 2. The van der Waals surface area contributed by atoms with Crippen LogP contribution in [0.1, 0.15) is 11.7 Å². The van der Waals surface area contributed by atoms with Crippen molar-refractivity contribution in [3.05, 3.63) is 59.7 Å². The molecule has 0 spiro atoms. The summed E-state index contributed by atoms with van der Waals surface area (Å²) in [6.45, 7) is 0.0761. The molecule has 0 fully saturated rings. The molecule has 0 amide bonds. The number of nitrogens with one attached hydrogen (secondary N) is 1. The fraction of sp³-hybridized carbons (Fsp3) is 0.200. The lowest BCUT2D eigenvalue weighted by molar-refractivity contribution is 0.191. The van der Waals surface area contributed by atoms with Crippen LogP contribution >= 0.6 is 0 Å². The van der Waals surface area contributed by atoms with Crippen molar-refractivity contribution in [2.24, 2.45) is 0 Å². The third kappa shape index (κ3) is 3.45. The summed E-state index contributed by atoms with van der Waals surface area (Å²) in [6.07, 6.45) is -0.830. The summed E-state index contributed by atoms with van der Waals surface area (Å²) in [5.74, 6) is -0.411. The monoisotopic (exact) mass is 279 g/mol. The Hall–Kier alpha value is -2.14. The van der Waals surface area contributed by atoms with E-state index in [4.69, 9.17) is 4.74 Å². The predicted octanol–water partition coefficient (Wildman–Crippen LogP) is 3.12. The Morgan fingerprint density at radius 2 is 1.85 bits per heavy atom. The zero-order valence-electron chi connectivity index (χ0n) is 10.9.